The minimum atomic E-state index is -2.19. The second-order valence-corrected chi connectivity index (χ2v) is 2.30. The molecule has 0 aromatic rings. The second kappa shape index (κ2) is 38.4. The third-order valence-corrected chi connectivity index (χ3v) is 0.667. The fraction of sp³-hybridized carbons (Fsp3) is 0. The molecule has 0 aliphatic carbocycles. The Morgan fingerprint density at radius 2 is 0.310 bits per heavy atom. The minimum absolute atomic E-state index is 0. The molecule has 0 unspecified atom stereocenters. The smallest absolute Gasteiger partial charge is 0.543 e. The van der Waals surface area contributed by atoms with Crippen molar-refractivity contribution < 1.29 is 311 Å². The first-order valence-electron chi connectivity index (χ1n) is 4.27. The fourth-order valence-electron chi connectivity index (χ4n) is 0. The zero-order valence-corrected chi connectivity index (χ0v) is 31.1. The molecule has 21 heteroatoms. The maximum absolute atomic E-state index is 8.93. The van der Waals surface area contributed by atoms with Gasteiger partial charge in [0.2, 0.25) is 0 Å². The summed E-state index contributed by atoms with van der Waals surface area (Å²) in [7, 11) is 0. The normalized spacial score (nSPS) is 6.07. The molecule has 0 spiro atoms. The molecule has 0 aromatic heterocycles. The molecule has 0 N–H and O–H groups in total. The van der Waals surface area contributed by atoms with Crippen LogP contribution in [0.25, 0.3) is 0 Å². The third-order valence-electron chi connectivity index (χ3n) is 0.667. The van der Waals surface area contributed by atoms with Gasteiger partial charge in [0.1, 0.15) is 0 Å². The molecule has 0 saturated carbocycles. The Balaban J connectivity index is -0.0000000248. The first kappa shape index (κ1) is 58.2. The van der Waals surface area contributed by atoms with E-state index in [-0.39, 0.29) is 231 Å². The van der Waals surface area contributed by atoms with E-state index in [1.54, 1.807) is 0 Å². The molecule has 0 amide bonds. The first-order valence-corrected chi connectivity index (χ1v) is 4.27. The largest absolute Gasteiger partial charge is 4.00 e. The van der Waals surface area contributed by atoms with Crippen molar-refractivity contribution in [2.75, 3.05) is 0 Å². The molecule has 0 aliphatic heterocycles. The summed E-state index contributed by atoms with van der Waals surface area (Å²) in [6.07, 6.45) is 0. The summed E-state index contributed by atoms with van der Waals surface area (Å²) in [6, 6.07) is 0. The van der Waals surface area contributed by atoms with Gasteiger partial charge in [-0.3, -0.25) is 0 Å². The van der Waals surface area contributed by atoms with Crippen LogP contribution in [0.5, 0.6) is 0 Å². The van der Waals surface area contributed by atoms with Crippen LogP contribution in [0.4, 0.5) is 0 Å². The SMILES string of the molecule is O=C([O-])C(=O)[O-].O=C([O-])C(=O)[O-].O=C([O-])C(=O)[O-].O=C([O-])C(=O)[O-].[Hf+4].[K+].[K+].[K+].[K+]. The quantitative estimate of drug-likeness (QED) is 0.169. The number of carboxylic acids is 8. The van der Waals surface area contributed by atoms with Gasteiger partial charge in [-0.15, -0.1) is 0 Å². The van der Waals surface area contributed by atoms with Crippen molar-refractivity contribution in [3.63, 3.8) is 0 Å². The molecule has 136 valence electrons. The van der Waals surface area contributed by atoms with Crippen molar-refractivity contribution >= 4 is 47.8 Å². The average molecular weight is 687 g/mol. The van der Waals surface area contributed by atoms with Gasteiger partial charge in [-0.2, -0.15) is 0 Å². The zero-order chi connectivity index (χ0) is 20.6. The fourth-order valence-corrected chi connectivity index (χ4v) is 0. The predicted molar refractivity (Wildman–Crippen MR) is 40.1 cm³/mol. The van der Waals surface area contributed by atoms with Gasteiger partial charge in [0.15, 0.2) is 0 Å². The number of aliphatic carboxylic acids is 8. The number of hydrogen-bond donors (Lipinski definition) is 0. The van der Waals surface area contributed by atoms with Gasteiger partial charge in [0.25, 0.3) is 0 Å². The summed E-state index contributed by atoms with van der Waals surface area (Å²) >= 11 is 0. The standard InChI is InChI=1S/4C2H2O4.Hf.4K/c4*3-1(4)2(5)6;;;;;/h4*(H,3,4)(H,5,6);;;;;/q;;;;+4;4*+1/p-8. The summed E-state index contributed by atoms with van der Waals surface area (Å²) in [6.45, 7) is 0. The molecule has 0 radical (unpaired) electrons. The topological polar surface area (TPSA) is 321 Å². The minimum Gasteiger partial charge on any atom is -0.543 e. The van der Waals surface area contributed by atoms with E-state index in [1.807, 2.05) is 0 Å². The van der Waals surface area contributed by atoms with Crippen LogP contribution in [-0.2, 0) is 64.2 Å². The molecule has 0 fully saturated rings. The van der Waals surface area contributed by atoms with Gasteiger partial charge in [-0.1, -0.05) is 0 Å². The van der Waals surface area contributed by atoms with E-state index in [0.717, 1.165) is 0 Å². The average Bonchev–Trinajstić information content (AvgIpc) is 2.40. The number of carbonyl (C=O) groups excluding carboxylic acids is 8. The van der Waals surface area contributed by atoms with E-state index in [9.17, 15) is 0 Å². The number of carboxylic acid groups (broad SMARTS) is 8. The van der Waals surface area contributed by atoms with E-state index in [4.69, 9.17) is 79.2 Å². The Hall–Kier alpha value is 3.18. The Morgan fingerprint density at radius 3 is 0.310 bits per heavy atom. The summed E-state index contributed by atoms with van der Waals surface area (Å²) in [4.78, 5) is 71.4. The van der Waals surface area contributed by atoms with E-state index >= 15 is 0 Å². The molecule has 0 aromatic carbocycles. The number of rotatable bonds is 0. The van der Waals surface area contributed by atoms with Crippen LogP contribution in [0.1, 0.15) is 0 Å². The molecule has 29 heavy (non-hydrogen) atoms. The molecular formula is C8HfK4O16. The van der Waals surface area contributed by atoms with Crippen molar-refractivity contribution in [1.82, 2.24) is 0 Å². The van der Waals surface area contributed by atoms with Crippen molar-refractivity contribution in [1.29, 1.82) is 0 Å². The number of hydrogen-bond acceptors (Lipinski definition) is 16. The molecule has 0 rings (SSSR count). The van der Waals surface area contributed by atoms with Gasteiger partial charge < -0.3 is 79.2 Å². The van der Waals surface area contributed by atoms with Crippen LogP contribution in [0.3, 0.4) is 0 Å². The molecule has 0 heterocycles. The Bertz CT molecular complexity index is 405. The van der Waals surface area contributed by atoms with Gasteiger partial charge in [0, 0.05) is 0 Å². The van der Waals surface area contributed by atoms with Crippen LogP contribution in [0, 0.1) is 0 Å². The summed E-state index contributed by atoms with van der Waals surface area (Å²) in [5.74, 6) is -17.5. The third kappa shape index (κ3) is 72.2. The zero-order valence-electron chi connectivity index (χ0n) is 15.0. The summed E-state index contributed by atoms with van der Waals surface area (Å²) in [5, 5.41) is 71.4. The van der Waals surface area contributed by atoms with Gasteiger partial charge >= 0.3 is 231 Å². The van der Waals surface area contributed by atoms with E-state index in [1.165, 1.54) is 0 Å². The maximum Gasteiger partial charge on any atom is 4.00 e. The summed E-state index contributed by atoms with van der Waals surface area (Å²) in [5.41, 5.74) is 0. The van der Waals surface area contributed by atoms with Crippen LogP contribution in [0.15, 0.2) is 0 Å². The molecule has 16 nitrogen and oxygen atoms in total. The van der Waals surface area contributed by atoms with Gasteiger partial charge in [-0.25, -0.2) is 0 Å². The molecule has 0 aliphatic rings. The van der Waals surface area contributed by atoms with Crippen LogP contribution >= 0.6 is 0 Å². The summed E-state index contributed by atoms with van der Waals surface area (Å²) < 4.78 is 0. The molecule has 0 atom stereocenters. The molecule has 0 bridgehead atoms. The van der Waals surface area contributed by atoms with E-state index in [0.29, 0.717) is 0 Å². The van der Waals surface area contributed by atoms with Crippen molar-refractivity contribution in [3.8, 4) is 0 Å². The Labute approximate surface area is 349 Å². The Morgan fingerprint density at radius 1 is 0.276 bits per heavy atom. The van der Waals surface area contributed by atoms with Crippen molar-refractivity contribution in [2.45, 2.75) is 0 Å². The van der Waals surface area contributed by atoms with E-state index in [2.05, 4.69) is 0 Å². The molecular weight excluding hydrogens is 687 g/mol. The van der Waals surface area contributed by atoms with Crippen LogP contribution in [0.2, 0.25) is 0 Å². The number of carbonyl (C=O) groups is 8. The van der Waals surface area contributed by atoms with Crippen molar-refractivity contribution in [2.24, 2.45) is 0 Å². The van der Waals surface area contributed by atoms with Gasteiger partial charge in [0.05, 0.1) is 47.8 Å². The van der Waals surface area contributed by atoms with Crippen LogP contribution in [-0.4, -0.2) is 47.8 Å². The first-order chi connectivity index (χ1) is 10.6. The van der Waals surface area contributed by atoms with Gasteiger partial charge in [-0.05, 0) is 0 Å². The van der Waals surface area contributed by atoms with Crippen molar-refractivity contribution in [3.05, 3.63) is 0 Å². The monoisotopic (exact) mass is 688 g/mol. The predicted octanol–water partition coefficient (Wildman–Crippen LogP) is -26.0. The van der Waals surface area contributed by atoms with Crippen LogP contribution < -0.4 is 246 Å². The maximum atomic E-state index is 8.93. The Kier molecular flexibility index (Phi) is 77.2. The van der Waals surface area contributed by atoms with E-state index < -0.39 is 47.8 Å². The molecule has 0 saturated heterocycles. The second-order valence-electron chi connectivity index (χ2n) is 2.30.